The molecule has 0 saturated heterocycles. The van der Waals surface area contributed by atoms with E-state index in [2.05, 4.69) is 12.1 Å². The molecule has 0 heterocycles. The molecule has 0 aliphatic rings. The Morgan fingerprint density at radius 3 is 0.880 bits per heavy atom. The molecule has 0 amide bonds. The van der Waals surface area contributed by atoms with Gasteiger partial charge in [0.15, 0.2) is 0 Å². The molecule has 2 rings (SSSR count). The summed E-state index contributed by atoms with van der Waals surface area (Å²) in [6, 6.07) is 17.2. The Morgan fingerprint density at radius 1 is 0.560 bits per heavy atom. The third-order valence-electron chi connectivity index (χ3n) is 1.34. The fourth-order valence-electron chi connectivity index (χ4n) is 0.743. The van der Waals surface area contributed by atoms with E-state index in [1.807, 2.05) is 0 Å². The van der Waals surface area contributed by atoms with E-state index in [1.165, 1.54) is 24.3 Å². The number of rotatable bonds is 0. The first-order chi connectivity index (χ1) is 6.79. The van der Waals surface area contributed by atoms with E-state index in [0.29, 0.717) is 0 Å². The van der Waals surface area contributed by atoms with Crippen molar-refractivity contribution in [3.05, 3.63) is 72.3 Å². The standard InChI is InChI=1S/2C6H4F.6ClH.2Li.2Mg.Zn/c2*7-6-4-2-1-3-5-6;;;;;;;;;;;/h2*1-4H;6*1H;;;;;/q2*-1;;;;;;;2*+1;3*+2/p-6. The second-order valence-electron chi connectivity index (χ2n) is 2.42. The van der Waals surface area contributed by atoms with Crippen LogP contribution < -0.4 is 112 Å². The van der Waals surface area contributed by atoms with Crippen molar-refractivity contribution in [3.63, 3.8) is 0 Å². The molecule has 0 aromatic heterocycles. The van der Waals surface area contributed by atoms with Gasteiger partial charge in [-0.3, -0.25) is 0 Å². The Balaban J connectivity index is -0.0000000121. The van der Waals surface area contributed by atoms with Crippen LogP contribution in [-0.2, 0) is 19.5 Å². The molecule has 0 nitrogen and oxygen atoms in total. The Bertz CT molecular complexity index is 349. The van der Waals surface area contributed by atoms with Gasteiger partial charge in [-0.2, -0.15) is 36.4 Å². The molecule has 0 aliphatic heterocycles. The van der Waals surface area contributed by atoms with Gasteiger partial charge in [0, 0.05) is 11.6 Å². The van der Waals surface area contributed by atoms with E-state index in [9.17, 15) is 8.78 Å². The van der Waals surface area contributed by atoms with Crippen molar-refractivity contribution >= 4 is 46.1 Å². The molecule has 2 aromatic rings. The molecule has 120 valence electrons. The smallest absolute Gasteiger partial charge is 1.00 e. The van der Waals surface area contributed by atoms with Gasteiger partial charge in [0.25, 0.3) is 0 Å². The third-order valence-corrected chi connectivity index (χ3v) is 1.34. The fraction of sp³-hybridized carbons (Fsp3) is 0. The van der Waals surface area contributed by atoms with Crippen LogP contribution in [0.25, 0.3) is 0 Å². The molecule has 0 spiro atoms. The zero-order valence-electron chi connectivity index (χ0n) is 13.8. The molecule has 0 atom stereocenters. The van der Waals surface area contributed by atoms with Crippen molar-refractivity contribution in [2.75, 3.05) is 0 Å². The van der Waals surface area contributed by atoms with Crippen molar-refractivity contribution in [1.82, 2.24) is 0 Å². The van der Waals surface area contributed by atoms with Crippen molar-refractivity contribution < 1.29 is 140 Å². The van der Waals surface area contributed by atoms with Crippen LogP contribution in [0.15, 0.2) is 48.5 Å². The van der Waals surface area contributed by atoms with Gasteiger partial charge in [-0.1, -0.05) is 0 Å². The molecule has 2 aromatic carbocycles. The second kappa shape index (κ2) is 50.7. The second-order valence-corrected chi connectivity index (χ2v) is 2.42. The maximum absolute atomic E-state index is 11.9. The van der Waals surface area contributed by atoms with E-state index in [-0.39, 0.29) is 189 Å². The number of hydrogen-bond donors (Lipinski definition) is 0. The average Bonchev–Trinajstić information content (AvgIpc) is 2.21. The van der Waals surface area contributed by atoms with Gasteiger partial charge < -0.3 is 74.4 Å². The van der Waals surface area contributed by atoms with Gasteiger partial charge in [0.1, 0.15) is 0 Å². The Kier molecular flexibility index (Phi) is 143. The van der Waals surface area contributed by atoms with Crippen molar-refractivity contribution in [3.8, 4) is 0 Å². The molecular formula is C12H8Cl6F2Li2Mg2Zn. The van der Waals surface area contributed by atoms with Crippen LogP contribution in [-0.4, -0.2) is 46.1 Å². The maximum atomic E-state index is 11.9. The van der Waals surface area contributed by atoms with Gasteiger partial charge >= 0.3 is 103 Å². The van der Waals surface area contributed by atoms with Crippen LogP contribution in [0.2, 0.25) is 0 Å². The Hall–Kier alpha value is 3.39. The van der Waals surface area contributed by atoms with Crippen LogP contribution in [0.3, 0.4) is 0 Å². The van der Waals surface area contributed by atoms with Gasteiger partial charge in [0.2, 0.25) is 0 Å². The van der Waals surface area contributed by atoms with Crippen LogP contribution in [0.5, 0.6) is 0 Å². The Labute approximate surface area is 255 Å². The molecule has 25 heavy (non-hydrogen) atoms. The van der Waals surface area contributed by atoms with Crippen LogP contribution in [0.4, 0.5) is 8.78 Å². The quantitative estimate of drug-likeness (QED) is 0.235. The summed E-state index contributed by atoms with van der Waals surface area (Å²) in [5, 5.41) is 0. The molecule has 0 radical (unpaired) electrons. The molecule has 0 unspecified atom stereocenters. The minimum absolute atomic E-state index is 0. The summed E-state index contributed by atoms with van der Waals surface area (Å²) < 4.78 is 23.7. The van der Waals surface area contributed by atoms with E-state index in [1.54, 1.807) is 24.3 Å². The maximum Gasteiger partial charge on any atom is 2.00 e. The van der Waals surface area contributed by atoms with Crippen LogP contribution in [0.1, 0.15) is 0 Å². The SMILES string of the molecule is Fc1[c-]cccc1.Fc1[c-]cccc1.[Cl-].[Cl-].[Cl-].[Cl-].[Cl-].[Cl-].[Li+].[Li+].[Mg+2].[Mg+2].[Zn+2]. The fourth-order valence-corrected chi connectivity index (χ4v) is 0.743. The Morgan fingerprint density at radius 2 is 0.800 bits per heavy atom. The van der Waals surface area contributed by atoms with Crippen molar-refractivity contribution in [1.29, 1.82) is 0 Å². The van der Waals surface area contributed by atoms with E-state index >= 15 is 0 Å². The normalized spacial score (nSPS) is 4.88. The largest absolute Gasteiger partial charge is 2.00 e. The molecular weight excluding hydrogens is 523 g/mol. The summed E-state index contributed by atoms with van der Waals surface area (Å²) in [5.41, 5.74) is 0. The summed E-state index contributed by atoms with van der Waals surface area (Å²) in [5.74, 6) is -0.606. The number of halogens is 8. The summed E-state index contributed by atoms with van der Waals surface area (Å²) in [6.07, 6.45) is 0. The first-order valence-corrected chi connectivity index (χ1v) is 4.03. The molecule has 13 heteroatoms. The molecule has 0 bridgehead atoms. The monoisotopic (exact) mass is 526 g/mol. The molecule has 0 N–H and O–H groups in total. The van der Waals surface area contributed by atoms with Crippen molar-refractivity contribution in [2.24, 2.45) is 0 Å². The summed E-state index contributed by atoms with van der Waals surface area (Å²) in [7, 11) is 0. The summed E-state index contributed by atoms with van der Waals surface area (Å²) >= 11 is 0. The van der Waals surface area contributed by atoms with E-state index in [4.69, 9.17) is 0 Å². The first kappa shape index (κ1) is 70.4. The average molecular weight is 531 g/mol. The zero-order valence-corrected chi connectivity index (χ0v) is 24.1. The van der Waals surface area contributed by atoms with Gasteiger partial charge in [0.05, 0.1) is 0 Å². The van der Waals surface area contributed by atoms with Crippen LogP contribution >= 0.6 is 0 Å². The first-order valence-electron chi connectivity index (χ1n) is 4.03. The summed E-state index contributed by atoms with van der Waals surface area (Å²) in [6.45, 7) is 0. The third kappa shape index (κ3) is 47.0. The predicted octanol–water partition coefficient (Wildman–Crippen LogP) is -21.5. The van der Waals surface area contributed by atoms with Gasteiger partial charge in [-0.15, -0.1) is 24.3 Å². The van der Waals surface area contributed by atoms with E-state index < -0.39 is 0 Å². The number of hydrogen-bond acceptors (Lipinski definition) is 0. The molecule has 0 fully saturated rings. The predicted molar refractivity (Wildman–Crippen MR) is 62.0 cm³/mol. The minimum atomic E-state index is -0.303. The molecule has 0 aliphatic carbocycles. The van der Waals surface area contributed by atoms with Crippen LogP contribution in [0, 0.1) is 23.8 Å². The van der Waals surface area contributed by atoms with Crippen molar-refractivity contribution in [2.45, 2.75) is 0 Å². The number of benzene rings is 2. The summed E-state index contributed by atoms with van der Waals surface area (Å²) in [4.78, 5) is 0. The topological polar surface area (TPSA) is 0 Å². The van der Waals surface area contributed by atoms with Gasteiger partial charge in [-0.05, 0) is 0 Å². The molecule has 0 saturated carbocycles. The van der Waals surface area contributed by atoms with Gasteiger partial charge in [-0.25, -0.2) is 8.78 Å². The zero-order chi connectivity index (χ0) is 10.2. The van der Waals surface area contributed by atoms with E-state index in [0.717, 1.165) is 0 Å². The minimum Gasteiger partial charge on any atom is -1.00 e.